The second-order valence-electron chi connectivity index (χ2n) is 4.48. The Bertz CT molecular complexity index is 678. The first-order valence-corrected chi connectivity index (χ1v) is 6.62. The first-order chi connectivity index (χ1) is 10.6. The van der Waals surface area contributed by atoms with Crippen molar-refractivity contribution in [1.82, 2.24) is 0 Å². The molecule has 2 aromatic carbocycles. The highest BCUT2D eigenvalue weighted by molar-refractivity contribution is 6.01. The van der Waals surface area contributed by atoms with Gasteiger partial charge in [-0.05, 0) is 48.0 Å². The molecule has 114 valence electrons. The summed E-state index contributed by atoms with van der Waals surface area (Å²) in [5.41, 5.74) is 1.43. The Labute approximate surface area is 128 Å². The van der Waals surface area contributed by atoms with E-state index >= 15 is 0 Å². The van der Waals surface area contributed by atoms with Gasteiger partial charge in [-0.3, -0.25) is 4.79 Å². The summed E-state index contributed by atoms with van der Waals surface area (Å²) in [6.45, 7) is 0. The van der Waals surface area contributed by atoms with E-state index in [-0.39, 0.29) is 11.7 Å². The average Bonchev–Trinajstić information content (AvgIpc) is 2.55. The van der Waals surface area contributed by atoms with Crippen LogP contribution in [0.2, 0.25) is 0 Å². The fraction of sp³-hybridized carbons (Fsp3) is 0.118. The van der Waals surface area contributed by atoms with Crippen molar-refractivity contribution < 1.29 is 19.4 Å². The zero-order valence-electron chi connectivity index (χ0n) is 12.4. The monoisotopic (exact) mass is 299 g/mol. The molecule has 0 aliphatic heterocycles. The molecule has 5 nitrogen and oxygen atoms in total. The smallest absolute Gasteiger partial charge is 0.248 e. The summed E-state index contributed by atoms with van der Waals surface area (Å²) >= 11 is 0. The summed E-state index contributed by atoms with van der Waals surface area (Å²) in [4.78, 5) is 11.9. The zero-order chi connectivity index (χ0) is 15.9. The van der Waals surface area contributed by atoms with Crippen LogP contribution in [0.4, 0.5) is 5.69 Å². The molecule has 0 atom stereocenters. The minimum atomic E-state index is -0.253. The first-order valence-electron chi connectivity index (χ1n) is 6.62. The number of rotatable bonds is 5. The van der Waals surface area contributed by atoms with Crippen molar-refractivity contribution in [2.24, 2.45) is 0 Å². The van der Waals surface area contributed by atoms with Crippen molar-refractivity contribution in [3.8, 4) is 17.2 Å². The summed E-state index contributed by atoms with van der Waals surface area (Å²) < 4.78 is 10.1. The van der Waals surface area contributed by atoms with Gasteiger partial charge < -0.3 is 19.9 Å². The third-order valence-corrected chi connectivity index (χ3v) is 2.99. The molecule has 2 aromatic rings. The Morgan fingerprint density at radius 2 is 1.82 bits per heavy atom. The quantitative estimate of drug-likeness (QED) is 0.833. The van der Waals surface area contributed by atoms with Crippen molar-refractivity contribution in [1.29, 1.82) is 0 Å². The number of nitrogens with one attached hydrogen (secondary N) is 1. The Hall–Kier alpha value is -2.95. The van der Waals surface area contributed by atoms with Gasteiger partial charge in [0.15, 0.2) is 11.5 Å². The van der Waals surface area contributed by atoms with Crippen molar-refractivity contribution >= 4 is 17.7 Å². The number of aromatic hydroxyl groups is 1. The highest BCUT2D eigenvalue weighted by atomic mass is 16.5. The topological polar surface area (TPSA) is 67.8 Å². The van der Waals surface area contributed by atoms with Gasteiger partial charge in [-0.1, -0.05) is 6.07 Å². The maximum absolute atomic E-state index is 11.9. The Morgan fingerprint density at radius 1 is 1.09 bits per heavy atom. The van der Waals surface area contributed by atoms with Gasteiger partial charge in [0.1, 0.15) is 5.75 Å². The molecule has 0 fully saturated rings. The molecule has 0 saturated heterocycles. The van der Waals surface area contributed by atoms with Gasteiger partial charge in [0.25, 0.3) is 0 Å². The minimum absolute atomic E-state index is 0.0577. The molecule has 0 bridgehead atoms. The summed E-state index contributed by atoms with van der Waals surface area (Å²) in [6.07, 6.45) is 3.05. The molecule has 1 amide bonds. The molecule has 0 saturated carbocycles. The second kappa shape index (κ2) is 7.17. The number of phenols is 1. The van der Waals surface area contributed by atoms with Crippen LogP contribution in [0.3, 0.4) is 0 Å². The molecular weight excluding hydrogens is 282 g/mol. The third kappa shape index (κ3) is 4.02. The Balaban J connectivity index is 2.01. The normalized spacial score (nSPS) is 10.5. The number of hydrogen-bond acceptors (Lipinski definition) is 4. The number of ether oxygens (including phenoxy) is 2. The number of benzene rings is 2. The molecule has 0 aliphatic rings. The highest BCUT2D eigenvalue weighted by Gasteiger charge is 2.02. The van der Waals surface area contributed by atoms with Crippen molar-refractivity contribution in [2.75, 3.05) is 19.5 Å². The van der Waals surface area contributed by atoms with Gasteiger partial charge >= 0.3 is 0 Å². The van der Waals surface area contributed by atoms with Crippen molar-refractivity contribution in [2.45, 2.75) is 0 Å². The molecule has 2 N–H and O–H groups in total. The molecule has 2 rings (SSSR count). The van der Waals surface area contributed by atoms with E-state index in [1.807, 2.05) is 0 Å². The molecule has 5 heteroatoms. The van der Waals surface area contributed by atoms with E-state index in [4.69, 9.17) is 9.47 Å². The SMILES string of the molecule is COc1ccc(NC(=O)/C=C/c2ccc(O)c(OC)c2)cc1. The number of anilines is 1. The molecule has 0 unspecified atom stereocenters. The molecule has 0 aliphatic carbocycles. The van der Waals surface area contributed by atoms with Crippen LogP contribution in [0.5, 0.6) is 17.2 Å². The lowest BCUT2D eigenvalue weighted by Crippen LogP contribution is -2.07. The first kappa shape index (κ1) is 15.4. The van der Waals surface area contributed by atoms with Gasteiger partial charge in [-0.2, -0.15) is 0 Å². The standard InChI is InChI=1S/C17H17NO4/c1-21-14-7-5-13(6-8-14)18-17(20)10-4-12-3-9-15(19)16(11-12)22-2/h3-11,19H,1-2H3,(H,18,20)/b10-4+. The van der Waals surface area contributed by atoms with E-state index in [0.717, 1.165) is 11.3 Å². The number of amides is 1. The Morgan fingerprint density at radius 3 is 2.45 bits per heavy atom. The Kier molecular flexibility index (Phi) is 5.03. The lowest BCUT2D eigenvalue weighted by atomic mass is 10.2. The maximum atomic E-state index is 11.9. The van der Waals surface area contributed by atoms with Crippen LogP contribution < -0.4 is 14.8 Å². The van der Waals surface area contributed by atoms with E-state index in [9.17, 15) is 9.90 Å². The minimum Gasteiger partial charge on any atom is -0.504 e. The molecule has 0 aromatic heterocycles. The maximum Gasteiger partial charge on any atom is 0.248 e. The largest absolute Gasteiger partial charge is 0.504 e. The summed E-state index contributed by atoms with van der Waals surface area (Å²) in [5, 5.41) is 12.3. The van der Waals surface area contributed by atoms with Crippen LogP contribution in [0.1, 0.15) is 5.56 Å². The number of hydrogen-bond donors (Lipinski definition) is 2. The van der Waals surface area contributed by atoms with Crippen LogP contribution in [-0.4, -0.2) is 25.2 Å². The van der Waals surface area contributed by atoms with E-state index in [1.54, 1.807) is 49.6 Å². The third-order valence-electron chi connectivity index (χ3n) is 2.99. The number of carbonyl (C=O) groups excluding carboxylic acids is 1. The predicted octanol–water partition coefficient (Wildman–Crippen LogP) is 3.06. The number of carbonyl (C=O) groups is 1. The van der Waals surface area contributed by atoms with Crippen LogP contribution in [0.15, 0.2) is 48.5 Å². The lowest BCUT2D eigenvalue weighted by Gasteiger charge is -2.05. The van der Waals surface area contributed by atoms with E-state index < -0.39 is 0 Å². The molecular formula is C17H17NO4. The summed E-state index contributed by atoms with van der Waals surface area (Å²) in [5.74, 6) is 0.891. The van der Waals surface area contributed by atoms with Gasteiger partial charge in [-0.25, -0.2) is 0 Å². The van der Waals surface area contributed by atoms with Crippen molar-refractivity contribution in [3.63, 3.8) is 0 Å². The number of methoxy groups -OCH3 is 2. The molecule has 22 heavy (non-hydrogen) atoms. The molecule has 0 spiro atoms. The zero-order valence-corrected chi connectivity index (χ0v) is 12.4. The van der Waals surface area contributed by atoms with Crippen LogP contribution in [0, 0.1) is 0 Å². The van der Waals surface area contributed by atoms with Gasteiger partial charge in [0.05, 0.1) is 14.2 Å². The second-order valence-corrected chi connectivity index (χ2v) is 4.48. The van der Waals surface area contributed by atoms with E-state index in [1.165, 1.54) is 19.3 Å². The lowest BCUT2D eigenvalue weighted by molar-refractivity contribution is -0.111. The van der Waals surface area contributed by atoms with Crippen LogP contribution >= 0.6 is 0 Å². The summed E-state index contributed by atoms with van der Waals surface area (Å²) in [6, 6.07) is 11.9. The highest BCUT2D eigenvalue weighted by Crippen LogP contribution is 2.26. The fourth-order valence-corrected chi connectivity index (χ4v) is 1.83. The van der Waals surface area contributed by atoms with Crippen molar-refractivity contribution in [3.05, 3.63) is 54.1 Å². The van der Waals surface area contributed by atoms with Crippen LogP contribution in [-0.2, 0) is 4.79 Å². The van der Waals surface area contributed by atoms with E-state index in [0.29, 0.717) is 11.4 Å². The van der Waals surface area contributed by atoms with Gasteiger partial charge in [-0.15, -0.1) is 0 Å². The van der Waals surface area contributed by atoms with Crippen LogP contribution in [0.25, 0.3) is 6.08 Å². The fourth-order valence-electron chi connectivity index (χ4n) is 1.83. The summed E-state index contributed by atoms with van der Waals surface area (Å²) in [7, 11) is 3.06. The molecule has 0 radical (unpaired) electrons. The predicted molar refractivity (Wildman–Crippen MR) is 85.3 cm³/mol. The van der Waals surface area contributed by atoms with E-state index in [2.05, 4.69) is 5.32 Å². The van der Waals surface area contributed by atoms with Gasteiger partial charge in [0, 0.05) is 11.8 Å². The van der Waals surface area contributed by atoms with Gasteiger partial charge in [0.2, 0.25) is 5.91 Å². The molecule has 0 heterocycles. The average molecular weight is 299 g/mol. The number of phenolic OH excluding ortho intramolecular Hbond substituents is 1.